The van der Waals surface area contributed by atoms with Crippen LogP contribution in [0.4, 0.5) is 11.4 Å². The molecule has 7 heteroatoms. The second kappa shape index (κ2) is 8.79. The molecule has 0 aliphatic carbocycles. The average molecular weight is 357 g/mol. The van der Waals surface area contributed by atoms with Crippen LogP contribution in [-0.2, 0) is 4.79 Å². The van der Waals surface area contributed by atoms with Gasteiger partial charge in [0, 0.05) is 23.4 Å². The molecule has 2 amide bonds. The second-order valence-corrected chi connectivity index (χ2v) is 5.53. The topological polar surface area (TPSA) is 79.5 Å². The highest BCUT2D eigenvalue weighted by Gasteiger charge is 2.07. The van der Waals surface area contributed by atoms with Crippen LogP contribution in [0.2, 0.25) is 0 Å². The van der Waals surface area contributed by atoms with Crippen molar-refractivity contribution in [2.24, 2.45) is 0 Å². The zero-order valence-electron chi connectivity index (χ0n) is 14.0. The lowest BCUT2D eigenvalue weighted by Gasteiger charge is -2.10. The zero-order chi connectivity index (χ0) is 18.2. The van der Waals surface area contributed by atoms with Crippen molar-refractivity contribution in [3.8, 4) is 5.75 Å². The number of rotatable bonds is 5. The fourth-order valence-corrected chi connectivity index (χ4v) is 2.21. The van der Waals surface area contributed by atoms with Gasteiger partial charge in [0.25, 0.3) is 5.91 Å². The van der Waals surface area contributed by atoms with Crippen LogP contribution in [-0.4, -0.2) is 24.0 Å². The molecule has 6 nitrogen and oxygen atoms in total. The Morgan fingerprint density at radius 2 is 1.68 bits per heavy atom. The molecule has 3 N–H and O–H groups in total. The summed E-state index contributed by atoms with van der Waals surface area (Å²) in [6.07, 6.45) is 0.358. The molecule has 2 aromatic carbocycles. The van der Waals surface area contributed by atoms with Crippen molar-refractivity contribution in [1.29, 1.82) is 0 Å². The smallest absolute Gasteiger partial charge is 0.255 e. The Kier molecular flexibility index (Phi) is 6.47. The lowest BCUT2D eigenvalue weighted by atomic mass is 10.2. The van der Waals surface area contributed by atoms with Crippen LogP contribution in [0.15, 0.2) is 48.5 Å². The number of methoxy groups -OCH3 is 1. The third-order valence-corrected chi connectivity index (χ3v) is 3.51. The molecular weight excluding hydrogens is 338 g/mol. The van der Waals surface area contributed by atoms with E-state index in [0.717, 1.165) is 0 Å². The first-order valence-electron chi connectivity index (χ1n) is 7.68. The number of ether oxygens (including phenoxy) is 1. The second-order valence-electron chi connectivity index (χ2n) is 5.12. The Balaban J connectivity index is 1.96. The third-order valence-electron chi connectivity index (χ3n) is 3.31. The number of hydrogen-bond donors (Lipinski definition) is 3. The lowest BCUT2D eigenvalue weighted by Crippen LogP contribution is -2.33. The molecule has 0 saturated heterocycles. The highest BCUT2D eigenvalue weighted by molar-refractivity contribution is 7.80. The van der Waals surface area contributed by atoms with Crippen molar-refractivity contribution in [1.82, 2.24) is 5.32 Å². The summed E-state index contributed by atoms with van der Waals surface area (Å²) < 4.78 is 5.11. The van der Waals surface area contributed by atoms with E-state index in [4.69, 9.17) is 17.0 Å². The van der Waals surface area contributed by atoms with E-state index < -0.39 is 0 Å². The van der Waals surface area contributed by atoms with Crippen LogP contribution >= 0.6 is 12.2 Å². The fraction of sp³-hybridized carbons (Fsp3) is 0.167. The molecule has 0 aliphatic heterocycles. The molecule has 0 saturated carbocycles. The van der Waals surface area contributed by atoms with Crippen molar-refractivity contribution in [2.45, 2.75) is 13.3 Å². The molecule has 0 aliphatic rings. The first kappa shape index (κ1) is 18.4. The molecule has 0 bridgehead atoms. The molecule has 0 radical (unpaired) electrons. The predicted octanol–water partition coefficient (Wildman–Crippen LogP) is 3.17. The summed E-state index contributed by atoms with van der Waals surface area (Å²) in [6.45, 7) is 1.75. The Bertz CT molecular complexity index is 775. The molecule has 0 heterocycles. The maximum absolute atomic E-state index is 12.2. The number of benzene rings is 2. The quantitative estimate of drug-likeness (QED) is 0.716. The summed E-state index contributed by atoms with van der Waals surface area (Å²) >= 11 is 5.04. The summed E-state index contributed by atoms with van der Waals surface area (Å²) in [5.74, 6) is 0.236. The van der Waals surface area contributed by atoms with Gasteiger partial charge in [-0.25, -0.2) is 0 Å². The molecule has 2 rings (SSSR count). The van der Waals surface area contributed by atoms with Gasteiger partial charge in [0.1, 0.15) is 5.75 Å². The maximum atomic E-state index is 12.2. The number of anilines is 2. The summed E-state index contributed by atoms with van der Waals surface area (Å²) in [7, 11) is 1.55. The fourth-order valence-electron chi connectivity index (χ4n) is 1.98. The Morgan fingerprint density at radius 1 is 1.04 bits per heavy atom. The van der Waals surface area contributed by atoms with E-state index in [2.05, 4.69) is 16.0 Å². The van der Waals surface area contributed by atoms with Crippen LogP contribution in [0, 0.1) is 0 Å². The van der Waals surface area contributed by atoms with Crippen molar-refractivity contribution in [3.63, 3.8) is 0 Å². The molecule has 0 fully saturated rings. The summed E-state index contributed by atoms with van der Waals surface area (Å²) in [5, 5.41) is 8.50. The van der Waals surface area contributed by atoms with E-state index >= 15 is 0 Å². The van der Waals surface area contributed by atoms with Gasteiger partial charge in [0.2, 0.25) is 5.91 Å². The van der Waals surface area contributed by atoms with Gasteiger partial charge >= 0.3 is 0 Å². The molecule has 0 unspecified atom stereocenters. The number of amides is 2. The van der Waals surface area contributed by atoms with Gasteiger partial charge in [-0.3, -0.25) is 9.59 Å². The first-order valence-corrected chi connectivity index (χ1v) is 8.09. The standard InChI is InChI=1S/C18H19N3O3S/c1-3-16(22)21-18(25)20-14-9-7-13(8-10-14)19-17(23)12-5-4-6-15(11-12)24-2/h4-11H,3H2,1-2H3,(H,19,23)(H2,20,21,22,25). The molecule has 130 valence electrons. The van der Waals surface area contributed by atoms with Crippen LogP contribution in [0.25, 0.3) is 0 Å². The number of hydrogen-bond acceptors (Lipinski definition) is 4. The minimum Gasteiger partial charge on any atom is -0.497 e. The highest BCUT2D eigenvalue weighted by Crippen LogP contribution is 2.17. The van der Waals surface area contributed by atoms with E-state index in [9.17, 15) is 9.59 Å². The number of nitrogens with one attached hydrogen (secondary N) is 3. The Hall–Kier alpha value is -2.93. The number of carbonyl (C=O) groups is 2. The third kappa shape index (κ3) is 5.58. The van der Waals surface area contributed by atoms with Crippen LogP contribution in [0.3, 0.4) is 0 Å². The number of carbonyl (C=O) groups excluding carboxylic acids is 2. The monoisotopic (exact) mass is 357 g/mol. The molecule has 2 aromatic rings. The summed E-state index contributed by atoms with van der Waals surface area (Å²) in [6, 6.07) is 13.9. The van der Waals surface area contributed by atoms with Gasteiger partial charge in [-0.05, 0) is 54.7 Å². The van der Waals surface area contributed by atoms with Crippen molar-refractivity contribution >= 4 is 40.5 Å². The SMILES string of the molecule is CCC(=O)NC(=S)Nc1ccc(NC(=O)c2cccc(OC)c2)cc1. The van der Waals surface area contributed by atoms with E-state index in [1.165, 1.54) is 0 Å². The molecule has 25 heavy (non-hydrogen) atoms. The molecule has 0 atom stereocenters. The largest absolute Gasteiger partial charge is 0.497 e. The summed E-state index contributed by atoms with van der Waals surface area (Å²) in [5.41, 5.74) is 1.85. The predicted molar refractivity (Wildman–Crippen MR) is 102 cm³/mol. The highest BCUT2D eigenvalue weighted by atomic mass is 32.1. The maximum Gasteiger partial charge on any atom is 0.255 e. The molecule has 0 spiro atoms. The summed E-state index contributed by atoms with van der Waals surface area (Å²) in [4.78, 5) is 23.5. The van der Waals surface area contributed by atoms with Crippen LogP contribution < -0.4 is 20.7 Å². The minimum absolute atomic E-state index is 0.153. The van der Waals surface area contributed by atoms with Crippen LogP contribution in [0.5, 0.6) is 5.75 Å². The zero-order valence-corrected chi connectivity index (χ0v) is 14.8. The van der Waals surface area contributed by atoms with E-state index in [1.807, 2.05) is 0 Å². The Morgan fingerprint density at radius 3 is 2.28 bits per heavy atom. The van der Waals surface area contributed by atoms with Gasteiger partial charge in [-0.2, -0.15) is 0 Å². The van der Waals surface area contributed by atoms with Gasteiger partial charge in [-0.1, -0.05) is 13.0 Å². The molecular formula is C18H19N3O3S. The van der Waals surface area contributed by atoms with Crippen molar-refractivity contribution in [3.05, 3.63) is 54.1 Å². The van der Waals surface area contributed by atoms with Gasteiger partial charge in [0.15, 0.2) is 5.11 Å². The van der Waals surface area contributed by atoms with Gasteiger partial charge in [0.05, 0.1) is 7.11 Å². The normalized spacial score (nSPS) is 9.84. The van der Waals surface area contributed by atoms with E-state index in [1.54, 1.807) is 62.6 Å². The number of thiocarbonyl (C=S) groups is 1. The van der Waals surface area contributed by atoms with E-state index in [0.29, 0.717) is 29.1 Å². The van der Waals surface area contributed by atoms with Crippen molar-refractivity contribution in [2.75, 3.05) is 17.7 Å². The lowest BCUT2D eigenvalue weighted by molar-refractivity contribution is -0.119. The van der Waals surface area contributed by atoms with Gasteiger partial charge < -0.3 is 20.7 Å². The first-order chi connectivity index (χ1) is 12.0. The van der Waals surface area contributed by atoms with Crippen molar-refractivity contribution < 1.29 is 14.3 Å². The van der Waals surface area contributed by atoms with Gasteiger partial charge in [-0.15, -0.1) is 0 Å². The Labute approximate surface area is 151 Å². The minimum atomic E-state index is -0.231. The average Bonchev–Trinajstić information content (AvgIpc) is 2.63. The van der Waals surface area contributed by atoms with Crippen LogP contribution in [0.1, 0.15) is 23.7 Å². The van der Waals surface area contributed by atoms with E-state index in [-0.39, 0.29) is 16.9 Å². The molecule has 0 aromatic heterocycles.